The van der Waals surface area contributed by atoms with Crippen molar-refractivity contribution in [1.29, 1.82) is 5.26 Å². The smallest absolute Gasteiger partial charge is 1.00 e. The molecule has 0 amide bonds. The van der Waals surface area contributed by atoms with Gasteiger partial charge in [-0.1, -0.05) is 35.9 Å². The van der Waals surface area contributed by atoms with E-state index in [0.29, 0.717) is 67.6 Å². The monoisotopic (exact) mass is 1100 g/mol. The Balaban J connectivity index is 0.000000258. The molecule has 6 aliphatic heterocycles. The molecule has 74 heavy (non-hydrogen) atoms. The number of hydrogen-bond acceptors (Lipinski definition) is 21. The average molecular weight is 1100 g/mol. The fraction of sp³-hybridized carbons (Fsp3) is 0.520. The van der Waals surface area contributed by atoms with Crippen molar-refractivity contribution >= 4 is 24.0 Å². The number of halogens is 1. The summed E-state index contributed by atoms with van der Waals surface area (Å²) >= 11 is 5.56. The number of benzene rings is 1. The first-order valence-electron chi connectivity index (χ1n) is 23.8. The fourth-order valence-corrected chi connectivity index (χ4v) is 9.39. The Kier molecular flexibility index (Phi) is 29.4. The van der Waals surface area contributed by atoms with E-state index >= 15 is 0 Å². The Morgan fingerprint density at radius 2 is 1.12 bits per heavy atom. The van der Waals surface area contributed by atoms with Crippen LogP contribution in [-0.4, -0.2) is 154 Å². The Hall–Kier alpha value is -2.34. The van der Waals surface area contributed by atoms with Crippen molar-refractivity contribution in [1.82, 2.24) is 30.0 Å². The van der Waals surface area contributed by atoms with E-state index in [4.69, 9.17) is 60.6 Å². The standard InChI is InChI=1S/C16H21N3O2.C13H18N2O3.C13H17N2O3.C7H5ClO3.CH2O3.2K.H/c1-12-3-4-16(18-9-12)21-15-7-13-10-20-11-14(8-15)19(13)6-2-5-17;2*1-9-2-3-13(14-6-9)18-12-4-10-7-17-8-11(5-12)15(10)16;8-6-3-1-2-5(4-6)7(9)11-10;2-1-4-3;;;/h3-4,9,13-15H,2,6-8,10-11H2,1H3;2-3,6,10-12,16H,4-5,7-8H2,1H3;2-3,6,10-12H,4-5,7-8H2,1H3;1-4,10H;1,3H;;;/q;;-1;;;2*+1;-1/p-1/t13-,14+,15?;2*10-,11+,12?;;;;;. The molecule has 21 nitrogen and oxygen atoms in total. The van der Waals surface area contributed by atoms with Gasteiger partial charge in [0.05, 0.1) is 63.4 Å². The molecule has 0 spiro atoms. The summed E-state index contributed by atoms with van der Waals surface area (Å²) in [4.78, 5) is 40.6. The molecule has 24 heteroatoms. The Morgan fingerprint density at radius 3 is 1.49 bits per heavy atom. The molecule has 0 aliphatic carbocycles. The molecule has 9 atom stereocenters. The molecule has 0 saturated carbocycles. The van der Waals surface area contributed by atoms with Crippen LogP contribution in [0.25, 0.3) is 0 Å². The predicted molar refractivity (Wildman–Crippen MR) is 257 cm³/mol. The Morgan fingerprint density at radius 1 is 0.730 bits per heavy atom. The summed E-state index contributed by atoms with van der Waals surface area (Å²) in [5, 5.41) is 50.0. The summed E-state index contributed by atoms with van der Waals surface area (Å²) in [6.45, 7) is 10.3. The number of morpholine rings is 3. The third kappa shape index (κ3) is 20.5. The number of hydrogen-bond donors (Lipinski definition) is 2. The Labute approximate surface area is 522 Å². The average Bonchev–Trinajstić information content (AvgIpc) is 3.36. The minimum Gasteiger partial charge on any atom is -1.00 e. The normalized spacial score (nSPS) is 25.5. The topological polar surface area (TPSA) is 267 Å². The van der Waals surface area contributed by atoms with Gasteiger partial charge in [-0.05, 0) is 55.7 Å². The summed E-state index contributed by atoms with van der Waals surface area (Å²) in [5.41, 5.74) is 3.60. The van der Waals surface area contributed by atoms with Gasteiger partial charge in [0, 0.05) is 117 Å². The largest absolute Gasteiger partial charge is 1.00 e. The van der Waals surface area contributed by atoms with Crippen LogP contribution in [0.3, 0.4) is 0 Å². The minimum atomic E-state index is -0.813. The van der Waals surface area contributed by atoms with Crippen molar-refractivity contribution in [2.45, 2.75) is 120 Å². The number of fused-ring (bicyclic) bond motifs is 6. The zero-order chi connectivity index (χ0) is 51.4. The van der Waals surface area contributed by atoms with Crippen LogP contribution >= 0.6 is 11.6 Å². The van der Waals surface area contributed by atoms with E-state index in [1.54, 1.807) is 24.5 Å². The second kappa shape index (κ2) is 33.8. The number of aromatic nitrogens is 3. The Bertz CT molecular complexity index is 2200. The maximum atomic E-state index is 11.8. The second-order valence-corrected chi connectivity index (χ2v) is 18.6. The summed E-state index contributed by atoms with van der Waals surface area (Å²) in [7, 11) is 0. The number of carbonyl (C=O) groups excluding carboxylic acids is 2. The van der Waals surface area contributed by atoms with Crippen molar-refractivity contribution in [2.75, 3.05) is 46.2 Å². The van der Waals surface area contributed by atoms with E-state index in [0.717, 1.165) is 75.0 Å². The van der Waals surface area contributed by atoms with Gasteiger partial charge < -0.3 is 55.5 Å². The van der Waals surface area contributed by atoms with Crippen LogP contribution in [0, 0.1) is 37.3 Å². The number of piperidine rings is 3. The summed E-state index contributed by atoms with van der Waals surface area (Å²) in [6, 6.07) is 20.7. The van der Waals surface area contributed by atoms with Crippen LogP contribution in [0.4, 0.5) is 0 Å². The summed E-state index contributed by atoms with van der Waals surface area (Å²) < 4.78 is 34.3. The molecule has 6 aliphatic rings. The number of carbonyl (C=O) groups is 2. The number of nitrogens with zero attached hydrogens (tertiary/aromatic N) is 7. The predicted octanol–water partition coefficient (Wildman–Crippen LogP) is -0.672. The van der Waals surface area contributed by atoms with Crippen LogP contribution in [0.1, 0.15) is 73.4 Å². The molecule has 2 N–H and O–H groups in total. The van der Waals surface area contributed by atoms with Gasteiger partial charge in [-0.2, -0.15) is 15.6 Å². The van der Waals surface area contributed by atoms with Crippen molar-refractivity contribution < 1.29 is 168 Å². The third-order valence-corrected chi connectivity index (χ3v) is 12.9. The number of nitriles is 1. The van der Waals surface area contributed by atoms with Crippen LogP contribution in [0.5, 0.6) is 17.6 Å². The van der Waals surface area contributed by atoms with E-state index < -0.39 is 5.97 Å². The van der Waals surface area contributed by atoms with E-state index in [1.165, 1.54) is 22.3 Å². The fourth-order valence-electron chi connectivity index (χ4n) is 9.20. The molecule has 9 heterocycles. The second-order valence-electron chi connectivity index (χ2n) is 18.2. The van der Waals surface area contributed by atoms with Gasteiger partial charge in [0.25, 0.3) is 6.47 Å². The number of hydroxylamine groups is 4. The van der Waals surface area contributed by atoms with Gasteiger partial charge in [0.1, 0.15) is 18.3 Å². The van der Waals surface area contributed by atoms with Gasteiger partial charge in [-0.25, -0.2) is 19.7 Å². The first kappa shape index (κ1) is 64.2. The molecule has 4 aromatic rings. The van der Waals surface area contributed by atoms with Gasteiger partial charge in [0.2, 0.25) is 17.6 Å². The number of pyridine rings is 3. The first-order chi connectivity index (χ1) is 34.8. The molecule has 3 aromatic heterocycles. The molecule has 6 bridgehead atoms. The van der Waals surface area contributed by atoms with Crippen molar-refractivity contribution in [2.24, 2.45) is 0 Å². The maximum Gasteiger partial charge on any atom is 1.00 e. The zero-order valence-electron chi connectivity index (χ0n) is 43.5. The number of aryl methyl sites for hydroxylation is 3. The molecular formula is C50H63ClK2N7O14-. The van der Waals surface area contributed by atoms with Crippen molar-refractivity contribution in [3.8, 4) is 23.7 Å². The number of ether oxygens (including phenoxy) is 6. The molecule has 1 aromatic carbocycles. The molecule has 3 unspecified atom stereocenters. The molecule has 6 fully saturated rings. The van der Waals surface area contributed by atoms with Gasteiger partial charge >= 0.3 is 109 Å². The quantitative estimate of drug-likeness (QED) is 0.0863. The van der Waals surface area contributed by atoms with Gasteiger partial charge in [-0.15, -0.1) is 0 Å². The van der Waals surface area contributed by atoms with E-state index in [9.17, 15) is 15.2 Å². The third-order valence-electron chi connectivity index (χ3n) is 12.7. The minimum absolute atomic E-state index is 0. The molecular weight excluding hydrogens is 1040 g/mol. The van der Waals surface area contributed by atoms with E-state index in [2.05, 4.69) is 35.7 Å². The summed E-state index contributed by atoms with van der Waals surface area (Å²) in [5.74, 6) is 1.20. The SMILES string of the molecule is Cc1ccc(OC2C[C@H]3COC[C@@H](C2)N3CCC#N)nc1.Cc1ccc(OC2C[C@H]3COC[C@@H](C2)N3O)nc1.Cc1ccc(OC2C[C@H]3COC[C@@H](C2)N3[O-])nc1.O=C(OO)c1cccc(Cl)c1.O=CO[O-].[H-].[K+].[K+]. The van der Waals surface area contributed by atoms with Crippen molar-refractivity contribution in [3.05, 3.63) is 112 Å². The number of rotatable bonds is 10. The molecule has 392 valence electrons. The van der Waals surface area contributed by atoms with Crippen LogP contribution < -0.4 is 122 Å². The van der Waals surface area contributed by atoms with Crippen LogP contribution in [0.2, 0.25) is 5.02 Å². The first-order valence-corrected chi connectivity index (χ1v) is 24.1. The molecule has 10 rings (SSSR count). The van der Waals surface area contributed by atoms with Crippen LogP contribution in [0.15, 0.2) is 79.3 Å². The van der Waals surface area contributed by atoms with Gasteiger partial charge in [-0.3, -0.25) is 14.6 Å². The molecule has 6 saturated heterocycles. The summed E-state index contributed by atoms with van der Waals surface area (Å²) in [6.07, 6.45) is 11.3. The zero-order valence-corrected chi connectivity index (χ0v) is 49.5. The maximum absolute atomic E-state index is 11.8. The van der Waals surface area contributed by atoms with E-state index in [-0.39, 0.29) is 159 Å². The molecule has 0 radical (unpaired) electrons. The van der Waals surface area contributed by atoms with Crippen LogP contribution in [-0.2, 0) is 28.8 Å². The van der Waals surface area contributed by atoms with Gasteiger partial charge in [0.15, 0.2) is 0 Å². The van der Waals surface area contributed by atoms with Crippen molar-refractivity contribution in [3.63, 3.8) is 0 Å². The van der Waals surface area contributed by atoms with E-state index in [1.807, 2.05) is 63.4 Å².